The van der Waals surface area contributed by atoms with E-state index < -0.39 is 0 Å². The van der Waals surface area contributed by atoms with Crippen molar-refractivity contribution in [3.8, 4) is 23.0 Å². The smallest absolute Gasteiger partial charge is 0.310 e. The average molecular weight is 446 g/mol. The third kappa shape index (κ3) is 5.37. The summed E-state index contributed by atoms with van der Waals surface area (Å²) in [7, 11) is 0. The van der Waals surface area contributed by atoms with Gasteiger partial charge in [-0.1, -0.05) is 48.0 Å². The molecule has 1 saturated heterocycles. The van der Waals surface area contributed by atoms with Gasteiger partial charge in [0.05, 0.1) is 12.5 Å². The SMILES string of the molecule is CCOC(=O)C1CCCN(C(=O)c2cnc(-c3ccccc3)nc2Oc2ccc(C)cc2)C1. The lowest BCUT2D eigenvalue weighted by atomic mass is 9.97. The molecule has 7 nitrogen and oxygen atoms in total. The Morgan fingerprint density at radius 3 is 2.58 bits per heavy atom. The van der Waals surface area contributed by atoms with E-state index >= 15 is 0 Å². The molecule has 7 heteroatoms. The van der Waals surface area contributed by atoms with Crippen LogP contribution in [0.25, 0.3) is 11.4 Å². The predicted molar refractivity (Wildman–Crippen MR) is 124 cm³/mol. The van der Waals surface area contributed by atoms with Gasteiger partial charge in [-0.3, -0.25) is 9.59 Å². The molecule has 0 bridgehead atoms. The van der Waals surface area contributed by atoms with E-state index in [0.717, 1.165) is 17.5 Å². The molecular weight excluding hydrogens is 418 g/mol. The van der Waals surface area contributed by atoms with Gasteiger partial charge in [0.1, 0.15) is 11.3 Å². The van der Waals surface area contributed by atoms with Crippen molar-refractivity contribution in [1.29, 1.82) is 0 Å². The highest BCUT2D eigenvalue weighted by Gasteiger charge is 2.31. The fourth-order valence-corrected chi connectivity index (χ4v) is 3.82. The van der Waals surface area contributed by atoms with Crippen molar-refractivity contribution >= 4 is 11.9 Å². The number of rotatable bonds is 6. The van der Waals surface area contributed by atoms with Crippen molar-refractivity contribution in [3.05, 3.63) is 71.9 Å². The molecule has 0 radical (unpaired) electrons. The molecule has 1 amide bonds. The van der Waals surface area contributed by atoms with E-state index in [1.165, 1.54) is 6.20 Å². The number of nitrogens with zero attached hydrogens (tertiary/aromatic N) is 3. The van der Waals surface area contributed by atoms with Crippen LogP contribution in [-0.4, -0.2) is 46.4 Å². The summed E-state index contributed by atoms with van der Waals surface area (Å²) in [6, 6.07) is 17.1. The summed E-state index contributed by atoms with van der Waals surface area (Å²) in [4.78, 5) is 36.4. The molecule has 0 aliphatic carbocycles. The number of aryl methyl sites for hydroxylation is 1. The van der Waals surface area contributed by atoms with Gasteiger partial charge in [-0.15, -0.1) is 0 Å². The van der Waals surface area contributed by atoms with Crippen molar-refractivity contribution < 1.29 is 19.1 Å². The largest absolute Gasteiger partial charge is 0.466 e. The molecule has 1 fully saturated rings. The number of carbonyl (C=O) groups excluding carboxylic acids is 2. The third-order valence-corrected chi connectivity index (χ3v) is 5.58. The minimum absolute atomic E-state index is 0.191. The molecule has 0 saturated carbocycles. The van der Waals surface area contributed by atoms with E-state index in [0.29, 0.717) is 37.7 Å². The summed E-state index contributed by atoms with van der Waals surface area (Å²) in [6.45, 7) is 4.96. The molecular formula is C26H27N3O4. The average Bonchev–Trinajstić information content (AvgIpc) is 2.86. The maximum absolute atomic E-state index is 13.5. The molecule has 170 valence electrons. The summed E-state index contributed by atoms with van der Waals surface area (Å²) in [5, 5.41) is 0. The minimum atomic E-state index is -0.325. The van der Waals surface area contributed by atoms with Crippen LogP contribution in [0.3, 0.4) is 0 Å². The van der Waals surface area contributed by atoms with Gasteiger partial charge in [0.15, 0.2) is 5.82 Å². The normalized spacial score (nSPS) is 15.7. The number of ether oxygens (including phenoxy) is 2. The Hall–Kier alpha value is -3.74. The Bertz CT molecular complexity index is 1120. The highest BCUT2D eigenvalue weighted by molar-refractivity contribution is 5.96. The number of hydrogen-bond acceptors (Lipinski definition) is 6. The van der Waals surface area contributed by atoms with E-state index in [-0.39, 0.29) is 29.2 Å². The molecule has 0 spiro atoms. The van der Waals surface area contributed by atoms with E-state index in [9.17, 15) is 9.59 Å². The van der Waals surface area contributed by atoms with Crippen LogP contribution in [0.1, 0.15) is 35.7 Å². The van der Waals surface area contributed by atoms with Gasteiger partial charge in [0.25, 0.3) is 5.91 Å². The molecule has 2 heterocycles. The Balaban J connectivity index is 1.65. The molecule has 1 aliphatic heterocycles. The molecule has 2 aromatic carbocycles. The van der Waals surface area contributed by atoms with Crippen molar-refractivity contribution in [2.24, 2.45) is 5.92 Å². The summed E-state index contributed by atoms with van der Waals surface area (Å²) < 4.78 is 11.2. The van der Waals surface area contributed by atoms with E-state index in [1.807, 2.05) is 61.5 Å². The Morgan fingerprint density at radius 1 is 1.09 bits per heavy atom. The number of esters is 1. The topological polar surface area (TPSA) is 81.6 Å². The lowest BCUT2D eigenvalue weighted by Crippen LogP contribution is -2.43. The number of hydrogen-bond donors (Lipinski definition) is 0. The quantitative estimate of drug-likeness (QED) is 0.514. The predicted octanol–water partition coefficient (Wildman–Crippen LogP) is 4.66. The van der Waals surface area contributed by atoms with Gasteiger partial charge < -0.3 is 14.4 Å². The lowest BCUT2D eigenvalue weighted by molar-refractivity contribution is -0.149. The number of benzene rings is 2. The standard InChI is InChI=1S/C26H27N3O4/c1-3-32-26(31)20-10-7-15-29(17-20)25(30)22-16-27-23(19-8-5-4-6-9-19)28-24(22)33-21-13-11-18(2)12-14-21/h4-6,8-9,11-14,16,20H,3,7,10,15,17H2,1-2H3. The number of aromatic nitrogens is 2. The maximum atomic E-state index is 13.5. The van der Waals surface area contributed by atoms with Crippen molar-refractivity contribution in [3.63, 3.8) is 0 Å². The minimum Gasteiger partial charge on any atom is -0.466 e. The van der Waals surface area contributed by atoms with Crippen LogP contribution in [0.2, 0.25) is 0 Å². The fraction of sp³-hybridized carbons (Fsp3) is 0.308. The summed E-state index contributed by atoms with van der Waals surface area (Å²) in [5.74, 6) is 0.393. The monoisotopic (exact) mass is 445 g/mol. The van der Waals surface area contributed by atoms with Crippen LogP contribution in [0.4, 0.5) is 0 Å². The second-order valence-corrected chi connectivity index (χ2v) is 8.04. The molecule has 4 rings (SSSR count). The van der Waals surface area contributed by atoms with Crippen molar-refractivity contribution in [2.75, 3.05) is 19.7 Å². The summed E-state index contributed by atoms with van der Waals surface area (Å²) in [5.41, 5.74) is 2.19. The van der Waals surface area contributed by atoms with Crippen LogP contribution in [0, 0.1) is 12.8 Å². The Morgan fingerprint density at radius 2 is 1.85 bits per heavy atom. The van der Waals surface area contributed by atoms with Crippen LogP contribution in [0.5, 0.6) is 11.6 Å². The third-order valence-electron chi connectivity index (χ3n) is 5.58. The zero-order valence-corrected chi connectivity index (χ0v) is 18.9. The van der Waals surface area contributed by atoms with E-state index in [1.54, 1.807) is 11.8 Å². The number of piperidine rings is 1. The molecule has 1 unspecified atom stereocenters. The van der Waals surface area contributed by atoms with Gasteiger partial charge >= 0.3 is 5.97 Å². The fourth-order valence-electron chi connectivity index (χ4n) is 3.82. The zero-order chi connectivity index (χ0) is 23.2. The molecule has 1 aromatic heterocycles. The lowest BCUT2D eigenvalue weighted by Gasteiger charge is -2.31. The first kappa shape index (κ1) is 22.5. The van der Waals surface area contributed by atoms with Crippen LogP contribution >= 0.6 is 0 Å². The number of amides is 1. The summed E-state index contributed by atoms with van der Waals surface area (Å²) in [6.07, 6.45) is 2.94. The number of likely N-dealkylation sites (tertiary alicyclic amines) is 1. The second kappa shape index (κ2) is 10.3. The highest BCUT2D eigenvalue weighted by atomic mass is 16.5. The maximum Gasteiger partial charge on any atom is 0.310 e. The highest BCUT2D eigenvalue weighted by Crippen LogP contribution is 2.28. The first-order valence-electron chi connectivity index (χ1n) is 11.2. The number of carbonyl (C=O) groups is 2. The molecule has 3 aromatic rings. The molecule has 33 heavy (non-hydrogen) atoms. The van der Waals surface area contributed by atoms with E-state index in [2.05, 4.69) is 9.97 Å². The van der Waals surface area contributed by atoms with Gasteiger partial charge in [-0.05, 0) is 38.8 Å². The van der Waals surface area contributed by atoms with Gasteiger partial charge in [-0.25, -0.2) is 4.98 Å². The van der Waals surface area contributed by atoms with Gasteiger partial charge in [-0.2, -0.15) is 4.98 Å². The van der Waals surface area contributed by atoms with Crippen LogP contribution in [-0.2, 0) is 9.53 Å². The first-order valence-corrected chi connectivity index (χ1v) is 11.2. The summed E-state index contributed by atoms with van der Waals surface area (Å²) >= 11 is 0. The van der Waals surface area contributed by atoms with E-state index in [4.69, 9.17) is 9.47 Å². The van der Waals surface area contributed by atoms with Gasteiger partial charge in [0.2, 0.25) is 5.88 Å². The Kier molecular flexibility index (Phi) is 6.98. The van der Waals surface area contributed by atoms with Crippen molar-refractivity contribution in [1.82, 2.24) is 14.9 Å². The second-order valence-electron chi connectivity index (χ2n) is 8.04. The van der Waals surface area contributed by atoms with Crippen LogP contribution in [0.15, 0.2) is 60.8 Å². The first-order chi connectivity index (χ1) is 16.0. The van der Waals surface area contributed by atoms with Crippen molar-refractivity contribution in [2.45, 2.75) is 26.7 Å². The Labute approximate surface area is 193 Å². The molecule has 1 atom stereocenters. The molecule has 0 N–H and O–H groups in total. The van der Waals surface area contributed by atoms with Crippen LogP contribution < -0.4 is 4.74 Å². The molecule has 1 aliphatic rings. The van der Waals surface area contributed by atoms with Gasteiger partial charge in [0, 0.05) is 24.8 Å². The zero-order valence-electron chi connectivity index (χ0n) is 18.9.